The van der Waals surface area contributed by atoms with E-state index in [0.29, 0.717) is 31.3 Å². The van der Waals surface area contributed by atoms with E-state index in [1.165, 1.54) is 0 Å². The molecule has 4 heteroatoms. The molecule has 1 heterocycles. The van der Waals surface area contributed by atoms with Crippen molar-refractivity contribution in [3.63, 3.8) is 0 Å². The second kappa shape index (κ2) is 5.72. The summed E-state index contributed by atoms with van der Waals surface area (Å²) in [5.74, 6) is 0.421. The van der Waals surface area contributed by atoms with Gasteiger partial charge in [0.15, 0.2) is 0 Å². The molecule has 0 aromatic carbocycles. The molecule has 1 amide bonds. The zero-order valence-electron chi connectivity index (χ0n) is 11.9. The molecule has 1 fully saturated rings. The third-order valence-electron chi connectivity index (χ3n) is 3.96. The monoisotopic (exact) mass is 255 g/mol. The lowest BCUT2D eigenvalue weighted by molar-refractivity contribution is -0.149. The fraction of sp³-hybridized carbons (Fsp3) is 0.857. The summed E-state index contributed by atoms with van der Waals surface area (Å²) in [6.07, 6.45) is 2.47. The van der Waals surface area contributed by atoms with Gasteiger partial charge in [0.1, 0.15) is 0 Å². The molecular formula is C14H25NO3. The fourth-order valence-corrected chi connectivity index (χ4v) is 2.44. The molecule has 1 rings (SSSR count). The zero-order valence-corrected chi connectivity index (χ0v) is 11.9. The van der Waals surface area contributed by atoms with Crippen LogP contribution < -0.4 is 0 Å². The molecule has 0 spiro atoms. The number of rotatable bonds is 4. The van der Waals surface area contributed by atoms with Crippen LogP contribution in [0, 0.1) is 17.3 Å². The number of hydrogen-bond donors (Lipinski definition) is 1. The number of nitrogens with zero attached hydrogens (tertiary/aromatic N) is 1. The van der Waals surface area contributed by atoms with Crippen molar-refractivity contribution in [2.45, 2.75) is 47.0 Å². The number of likely N-dealkylation sites (tertiary alicyclic amines) is 1. The van der Waals surface area contributed by atoms with Gasteiger partial charge >= 0.3 is 5.97 Å². The third kappa shape index (κ3) is 3.72. The van der Waals surface area contributed by atoms with Gasteiger partial charge in [-0.2, -0.15) is 0 Å². The predicted molar refractivity (Wildman–Crippen MR) is 70.2 cm³/mol. The maximum absolute atomic E-state index is 12.0. The molecule has 0 aromatic rings. The minimum Gasteiger partial charge on any atom is -0.481 e. The molecular weight excluding hydrogens is 230 g/mol. The first kappa shape index (κ1) is 15.0. The van der Waals surface area contributed by atoms with Crippen molar-refractivity contribution >= 4 is 11.9 Å². The second-order valence-corrected chi connectivity index (χ2v) is 6.34. The highest BCUT2D eigenvalue weighted by molar-refractivity contribution is 5.79. The van der Waals surface area contributed by atoms with Crippen LogP contribution in [0.5, 0.6) is 0 Å². The average molecular weight is 255 g/mol. The lowest BCUT2D eigenvalue weighted by Crippen LogP contribution is -2.42. The molecule has 18 heavy (non-hydrogen) atoms. The highest BCUT2D eigenvalue weighted by atomic mass is 16.4. The Hall–Kier alpha value is -1.06. The molecule has 0 saturated carbocycles. The van der Waals surface area contributed by atoms with E-state index < -0.39 is 11.4 Å². The number of carboxylic acid groups (broad SMARTS) is 1. The Labute approximate surface area is 109 Å². The van der Waals surface area contributed by atoms with E-state index in [1.54, 1.807) is 18.7 Å². The van der Waals surface area contributed by atoms with Crippen LogP contribution in [-0.2, 0) is 9.59 Å². The van der Waals surface area contributed by atoms with Gasteiger partial charge < -0.3 is 10.0 Å². The molecule has 0 radical (unpaired) electrons. The van der Waals surface area contributed by atoms with Crippen molar-refractivity contribution in [2.75, 3.05) is 13.1 Å². The highest BCUT2D eigenvalue weighted by Gasteiger charge is 2.33. The van der Waals surface area contributed by atoms with Gasteiger partial charge in [-0.25, -0.2) is 0 Å². The first-order valence-corrected chi connectivity index (χ1v) is 6.75. The summed E-state index contributed by atoms with van der Waals surface area (Å²) in [6.45, 7) is 8.73. The summed E-state index contributed by atoms with van der Waals surface area (Å²) in [7, 11) is 0. The van der Waals surface area contributed by atoms with Gasteiger partial charge in [-0.1, -0.05) is 13.8 Å². The Bertz CT molecular complexity index is 323. The first-order chi connectivity index (χ1) is 8.24. The van der Waals surface area contributed by atoms with E-state index in [4.69, 9.17) is 5.11 Å². The Morgan fingerprint density at radius 2 is 2.06 bits per heavy atom. The fourth-order valence-electron chi connectivity index (χ4n) is 2.44. The Morgan fingerprint density at radius 1 is 1.44 bits per heavy atom. The van der Waals surface area contributed by atoms with Crippen LogP contribution in [0.3, 0.4) is 0 Å². The molecule has 104 valence electrons. The Morgan fingerprint density at radius 3 is 2.56 bits per heavy atom. The van der Waals surface area contributed by atoms with Crippen LogP contribution in [0.2, 0.25) is 0 Å². The maximum Gasteiger partial charge on any atom is 0.310 e. The van der Waals surface area contributed by atoms with Gasteiger partial charge in [-0.15, -0.1) is 0 Å². The summed E-state index contributed by atoms with van der Waals surface area (Å²) >= 11 is 0. The molecule has 4 nitrogen and oxygen atoms in total. The van der Waals surface area contributed by atoms with E-state index in [0.717, 1.165) is 12.8 Å². The summed E-state index contributed by atoms with van der Waals surface area (Å²) in [5, 5.41) is 9.13. The molecule has 0 aromatic heterocycles. The standard InChI is InChI=1S/C14H25NO3/c1-10(2)11-5-6-12(16)15(8-7-11)9-14(3,4)13(17)18/h10-11H,5-9H2,1-4H3,(H,17,18). The minimum atomic E-state index is -0.868. The van der Waals surface area contributed by atoms with Crippen molar-refractivity contribution in [1.82, 2.24) is 4.90 Å². The van der Waals surface area contributed by atoms with Crippen molar-refractivity contribution in [3.05, 3.63) is 0 Å². The number of carbonyl (C=O) groups excluding carboxylic acids is 1. The Balaban J connectivity index is 2.67. The van der Waals surface area contributed by atoms with Crippen LogP contribution in [-0.4, -0.2) is 35.0 Å². The minimum absolute atomic E-state index is 0.104. The van der Waals surface area contributed by atoms with E-state index >= 15 is 0 Å². The van der Waals surface area contributed by atoms with Gasteiger partial charge in [0, 0.05) is 19.5 Å². The van der Waals surface area contributed by atoms with E-state index in [9.17, 15) is 9.59 Å². The third-order valence-corrected chi connectivity index (χ3v) is 3.96. The number of carboxylic acids is 1. The highest BCUT2D eigenvalue weighted by Crippen LogP contribution is 2.27. The predicted octanol–water partition coefficient (Wildman–Crippen LogP) is 2.38. The smallest absolute Gasteiger partial charge is 0.310 e. The van der Waals surface area contributed by atoms with E-state index in [-0.39, 0.29) is 5.91 Å². The van der Waals surface area contributed by atoms with Gasteiger partial charge in [-0.3, -0.25) is 9.59 Å². The number of carbonyl (C=O) groups is 2. The quantitative estimate of drug-likeness (QED) is 0.839. The topological polar surface area (TPSA) is 57.6 Å². The van der Waals surface area contributed by atoms with Crippen LogP contribution in [0.25, 0.3) is 0 Å². The molecule has 1 aliphatic heterocycles. The van der Waals surface area contributed by atoms with Gasteiger partial charge in [0.05, 0.1) is 5.41 Å². The molecule has 1 saturated heterocycles. The lowest BCUT2D eigenvalue weighted by atomic mass is 9.89. The zero-order chi connectivity index (χ0) is 13.9. The van der Waals surface area contributed by atoms with Gasteiger partial charge in [0.2, 0.25) is 5.91 Å². The maximum atomic E-state index is 12.0. The summed E-state index contributed by atoms with van der Waals surface area (Å²) in [4.78, 5) is 24.9. The molecule has 1 N–H and O–H groups in total. The largest absolute Gasteiger partial charge is 0.481 e. The van der Waals surface area contributed by atoms with Gasteiger partial charge in [-0.05, 0) is 38.5 Å². The van der Waals surface area contributed by atoms with Crippen LogP contribution in [0.1, 0.15) is 47.0 Å². The normalized spacial score (nSPS) is 22.2. The molecule has 0 bridgehead atoms. The summed E-state index contributed by atoms with van der Waals surface area (Å²) in [6, 6.07) is 0. The van der Waals surface area contributed by atoms with Gasteiger partial charge in [0.25, 0.3) is 0 Å². The molecule has 1 unspecified atom stereocenters. The number of amides is 1. The Kier molecular flexibility index (Phi) is 4.77. The molecule has 0 aliphatic carbocycles. The van der Waals surface area contributed by atoms with Crippen molar-refractivity contribution in [2.24, 2.45) is 17.3 Å². The number of aliphatic carboxylic acids is 1. The SMILES string of the molecule is CC(C)C1CCC(=O)N(CC(C)(C)C(=O)O)CC1. The average Bonchev–Trinajstić information content (AvgIpc) is 2.41. The lowest BCUT2D eigenvalue weighted by Gasteiger charge is -2.29. The van der Waals surface area contributed by atoms with Crippen LogP contribution >= 0.6 is 0 Å². The van der Waals surface area contributed by atoms with Crippen molar-refractivity contribution in [3.8, 4) is 0 Å². The van der Waals surface area contributed by atoms with Crippen molar-refractivity contribution < 1.29 is 14.7 Å². The van der Waals surface area contributed by atoms with E-state index in [2.05, 4.69) is 13.8 Å². The molecule has 1 aliphatic rings. The number of hydrogen-bond acceptors (Lipinski definition) is 2. The van der Waals surface area contributed by atoms with Crippen LogP contribution in [0.15, 0.2) is 0 Å². The summed E-state index contributed by atoms with van der Waals surface area (Å²) < 4.78 is 0. The molecule has 1 atom stereocenters. The van der Waals surface area contributed by atoms with Crippen molar-refractivity contribution in [1.29, 1.82) is 0 Å². The second-order valence-electron chi connectivity index (χ2n) is 6.34. The van der Waals surface area contributed by atoms with Crippen LogP contribution in [0.4, 0.5) is 0 Å². The van der Waals surface area contributed by atoms with E-state index in [1.807, 2.05) is 0 Å². The first-order valence-electron chi connectivity index (χ1n) is 6.75. The summed E-state index contributed by atoms with van der Waals surface area (Å²) in [5.41, 5.74) is -0.868.